The number of ether oxygens (including phenoxy) is 1. The van der Waals surface area contributed by atoms with Crippen LogP contribution in [0.2, 0.25) is 0 Å². The summed E-state index contributed by atoms with van der Waals surface area (Å²) in [5, 5.41) is 10.5. The largest absolute Gasteiger partial charge is 0.391 e. The van der Waals surface area contributed by atoms with Crippen LogP contribution in [0.1, 0.15) is 11.3 Å². The Morgan fingerprint density at radius 3 is 2.94 bits per heavy atom. The van der Waals surface area contributed by atoms with Crippen LogP contribution in [-0.2, 0) is 21.4 Å². The predicted molar refractivity (Wildman–Crippen MR) is 64.4 cm³/mol. The third kappa shape index (κ3) is 2.53. The molecule has 1 aliphatic heterocycles. The Bertz CT molecular complexity index is 476. The highest BCUT2D eigenvalue weighted by Gasteiger charge is 2.31. The van der Waals surface area contributed by atoms with Crippen molar-refractivity contribution in [1.29, 1.82) is 0 Å². The summed E-state index contributed by atoms with van der Waals surface area (Å²) in [5.74, 6) is 0. The van der Waals surface area contributed by atoms with E-state index in [0.29, 0.717) is 18.1 Å². The second-order valence-electron chi connectivity index (χ2n) is 3.95. The zero-order valence-electron chi connectivity index (χ0n) is 9.50. The lowest BCUT2D eigenvalue weighted by Crippen LogP contribution is -2.37. The highest BCUT2D eigenvalue weighted by Crippen LogP contribution is 2.25. The molecule has 0 amide bonds. The van der Waals surface area contributed by atoms with E-state index in [1.165, 1.54) is 21.7 Å². The molecule has 1 saturated heterocycles. The van der Waals surface area contributed by atoms with Crippen LogP contribution in [0.5, 0.6) is 0 Å². The third-order valence-electron chi connectivity index (χ3n) is 2.88. The molecule has 1 aromatic rings. The van der Waals surface area contributed by atoms with E-state index in [2.05, 4.69) is 0 Å². The zero-order valence-corrected chi connectivity index (χ0v) is 11.1. The number of hydrogen-bond acceptors (Lipinski definition) is 5. The number of rotatable bonds is 4. The highest BCUT2D eigenvalue weighted by atomic mass is 32.2. The maximum atomic E-state index is 12.2. The Labute approximate surface area is 105 Å². The topological polar surface area (TPSA) is 66.8 Å². The van der Waals surface area contributed by atoms with Gasteiger partial charge in [0.25, 0.3) is 0 Å². The maximum absolute atomic E-state index is 12.2. The van der Waals surface area contributed by atoms with E-state index < -0.39 is 10.0 Å². The summed E-state index contributed by atoms with van der Waals surface area (Å²) < 4.78 is 31.0. The van der Waals surface area contributed by atoms with Gasteiger partial charge in [0, 0.05) is 23.9 Å². The first-order valence-electron chi connectivity index (χ1n) is 5.29. The lowest BCUT2D eigenvalue weighted by atomic mass is 10.3. The van der Waals surface area contributed by atoms with Gasteiger partial charge in [-0.15, -0.1) is 11.3 Å². The minimum atomic E-state index is -3.46. The second-order valence-corrected chi connectivity index (χ2v) is 6.94. The summed E-state index contributed by atoms with van der Waals surface area (Å²) in [6, 6.07) is 1.43. The third-order valence-corrected chi connectivity index (χ3v) is 5.84. The normalized spacial score (nSPS) is 21.2. The van der Waals surface area contributed by atoms with Crippen LogP contribution in [0.4, 0.5) is 0 Å². The summed E-state index contributed by atoms with van der Waals surface area (Å²) in [6.45, 7) is 0.930. The Hall–Kier alpha value is -0.470. The van der Waals surface area contributed by atoms with Crippen LogP contribution >= 0.6 is 11.3 Å². The first-order chi connectivity index (χ1) is 8.05. The van der Waals surface area contributed by atoms with Gasteiger partial charge in [-0.05, 0) is 12.5 Å². The van der Waals surface area contributed by atoms with Gasteiger partial charge < -0.3 is 9.84 Å². The molecule has 1 unspecified atom stereocenters. The van der Waals surface area contributed by atoms with Gasteiger partial charge in [-0.25, -0.2) is 8.42 Å². The minimum Gasteiger partial charge on any atom is -0.391 e. The molecule has 96 valence electrons. The van der Waals surface area contributed by atoms with Crippen molar-refractivity contribution in [2.45, 2.75) is 24.0 Å². The summed E-state index contributed by atoms with van der Waals surface area (Å²) in [6.07, 6.45) is 0.729. The van der Waals surface area contributed by atoms with Crippen molar-refractivity contribution in [3.63, 3.8) is 0 Å². The number of likely N-dealkylation sites (N-methyl/N-ethyl adjacent to an activating group) is 1. The molecule has 1 aliphatic rings. The van der Waals surface area contributed by atoms with Gasteiger partial charge in [-0.3, -0.25) is 0 Å². The molecule has 5 nitrogen and oxygen atoms in total. The van der Waals surface area contributed by atoms with Crippen molar-refractivity contribution in [3.05, 3.63) is 16.3 Å². The van der Waals surface area contributed by atoms with E-state index in [0.717, 1.165) is 6.42 Å². The fourth-order valence-corrected chi connectivity index (χ4v) is 4.24. The first kappa shape index (κ1) is 13.0. The maximum Gasteiger partial charge on any atom is 0.243 e. The van der Waals surface area contributed by atoms with E-state index in [-0.39, 0.29) is 17.5 Å². The van der Waals surface area contributed by atoms with Gasteiger partial charge in [0.1, 0.15) is 0 Å². The lowest BCUT2D eigenvalue weighted by molar-refractivity contribution is 0.181. The van der Waals surface area contributed by atoms with Gasteiger partial charge in [0.15, 0.2) is 0 Å². The lowest BCUT2D eigenvalue weighted by Gasteiger charge is -2.21. The van der Waals surface area contributed by atoms with E-state index in [1.54, 1.807) is 12.4 Å². The molecule has 0 radical (unpaired) electrons. The number of nitrogens with zero attached hydrogens (tertiary/aromatic N) is 1. The first-order valence-corrected chi connectivity index (χ1v) is 7.61. The summed E-state index contributed by atoms with van der Waals surface area (Å²) >= 11 is 1.25. The molecule has 0 aromatic carbocycles. The predicted octanol–water partition coefficient (Wildman–Crippen LogP) is 0.650. The average Bonchev–Trinajstić information content (AvgIpc) is 2.98. The molecular weight excluding hydrogens is 262 g/mol. The fraction of sp³-hybridized carbons (Fsp3) is 0.600. The van der Waals surface area contributed by atoms with Gasteiger partial charge >= 0.3 is 0 Å². The number of aliphatic hydroxyl groups is 1. The monoisotopic (exact) mass is 277 g/mol. The van der Waals surface area contributed by atoms with Crippen LogP contribution in [-0.4, -0.2) is 44.1 Å². The quantitative estimate of drug-likeness (QED) is 0.877. The smallest absolute Gasteiger partial charge is 0.243 e. The Balaban J connectivity index is 2.22. The molecule has 0 aliphatic carbocycles. The van der Waals surface area contributed by atoms with E-state index in [4.69, 9.17) is 9.84 Å². The fourth-order valence-electron chi connectivity index (χ4n) is 1.75. The SMILES string of the molecule is CN(C1CCOC1)S(=O)(=O)c1csc(CO)c1. The van der Waals surface area contributed by atoms with E-state index in [9.17, 15) is 8.42 Å². The van der Waals surface area contributed by atoms with E-state index in [1.807, 2.05) is 0 Å². The second kappa shape index (κ2) is 5.03. The number of hydrogen-bond donors (Lipinski definition) is 1. The van der Waals surface area contributed by atoms with Crippen LogP contribution < -0.4 is 0 Å². The Morgan fingerprint density at radius 1 is 1.65 bits per heavy atom. The molecule has 0 saturated carbocycles. The molecular formula is C10H15NO4S2. The van der Waals surface area contributed by atoms with Crippen molar-refractivity contribution in [1.82, 2.24) is 4.31 Å². The van der Waals surface area contributed by atoms with Gasteiger partial charge in [-0.1, -0.05) is 0 Å². The molecule has 17 heavy (non-hydrogen) atoms. The minimum absolute atomic E-state index is 0.0857. The highest BCUT2D eigenvalue weighted by molar-refractivity contribution is 7.89. The summed E-state index contributed by atoms with van der Waals surface area (Å²) in [4.78, 5) is 0.903. The Morgan fingerprint density at radius 2 is 2.41 bits per heavy atom. The molecule has 1 atom stereocenters. The van der Waals surface area contributed by atoms with Gasteiger partial charge in [0.2, 0.25) is 10.0 Å². The molecule has 1 aromatic heterocycles. The molecule has 7 heteroatoms. The van der Waals surface area contributed by atoms with Crippen molar-refractivity contribution in [3.8, 4) is 0 Å². The van der Waals surface area contributed by atoms with Crippen molar-refractivity contribution >= 4 is 21.4 Å². The van der Waals surface area contributed by atoms with Crippen molar-refractivity contribution in [2.24, 2.45) is 0 Å². The van der Waals surface area contributed by atoms with Crippen LogP contribution in [0.3, 0.4) is 0 Å². The molecule has 0 bridgehead atoms. The van der Waals surface area contributed by atoms with Gasteiger partial charge in [0.05, 0.1) is 24.2 Å². The Kier molecular flexibility index (Phi) is 3.84. The molecule has 2 rings (SSSR count). The van der Waals surface area contributed by atoms with Crippen LogP contribution in [0, 0.1) is 0 Å². The van der Waals surface area contributed by atoms with Crippen LogP contribution in [0.15, 0.2) is 16.3 Å². The number of thiophene rings is 1. The van der Waals surface area contributed by atoms with Crippen molar-refractivity contribution < 1.29 is 18.3 Å². The standard InChI is InChI=1S/C10H15NO4S2/c1-11(8-2-3-15-6-8)17(13,14)10-4-9(5-12)16-7-10/h4,7-8,12H,2-3,5-6H2,1H3. The van der Waals surface area contributed by atoms with Crippen molar-refractivity contribution in [2.75, 3.05) is 20.3 Å². The summed E-state index contributed by atoms with van der Waals surface area (Å²) in [7, 11) is -1.88. The van der Waals surface area contributed by atoms with Gasteiger partial charge in [-0.2, -0.15) is 4.31 Å². The van der Waals surface area contributed by atoms with E-state index >= 15 is 0 Å². The molecule has 1 N–H and O–H groups in total. The summed E-state index contributed by atoms with van der Waals surface area (Å²) in [5.41, 5.74) is 0. The number of aliphatic hydroxyl groups excluding tert-OH is 1. The van der Waals surface area contributed by atoms with Crippen LogP contribution in [0.25, 0.3) is 0 Å². The molecule has 2 heterocycles. The molecule has 0 spiro atoms. The zero-order chi connectivity index (χ0) is 12.5. The molecule has 1 fully saturated rings. The average molecular weight is 277 g/mol. The number of sulfonamides is 1.